The molecule has 6 heteroatoms. The lowest BCUT2D eigenvalue weighted by atomic mass is 10.4. The van der Waals surface area contributed by atoms with E-state index in [9.17, 15) is 4.79 Å². The smallest absolute Gasteiger partial charge is 0.254 e. The van der Waals surface area contributed by atoms with Gasteiger partial charge in [-0.15, -0.1) is 5.10 Å². The average molecular weight is 244 g/mol. The molecule has 3 heterocycles. The summed E-state index contributed by atoms with van der Waals surface area (Å²) in [6.07, 6.45) is 5.24. The van der Waals surface area contributed by atoms with Gasteiger partial charge in [-0.25, -0.2) is 4.68 Å². The first kappa shape index (κ1) is 10.9. The predicted molar refractivity (Wildman–Crippen MR) is 64.5 cm³/mol. The number of anilines is 1. The maximum absolute atomic E-state index is 11.7. The molecule has 1 fully saturated rings. The molecule has 0 unspecified atom stereocenters. The van der Waals surface area contributed by atoms with E-state index >= 15 is 0 Å². The van der Waals surface area contributed by atoms with Gasteiger partial charge in [0.1, 0.15) is 6.61 Å². The van der Waals surface area contributed by atoms with E-state index in [4.69, 9.17) is 4.74 Å². The SMILES string of the molecule is O=C1COCCN1c1ccn(-c2ccncc2)n1. The summed E-state index contributed by atoms with van der Waals surface area (Å²) in [4.78, 5) is 17.3. The minimum absolute atomic E-state index is 0.0544. The summed E-state index contributed by atoms with van der Waals surface area (Å²) in [6.45, 7) is 1.22. The number of ether oxygens (including phenoxy) is 1. The lowest BCUT2D eigenvalue weighted by molar-refractivity contribution is -0.125. The van der Waals surface area contributed by atoms with E-state index in [1.54, 1.807) is 22.0 Å². The van der Waals surface area contributed by atoms with E-state index in [0.717, 1.165) is 5.69 Å². The molecule has 0 N–H and O–H groups in total. The van der Waals surface area contributed by atoms with Gasteiger partial charge in [0.2, 0.25) is 0 Å². The Morgan fingerprint density at radius 1 is 1.22 bits per heavy atom. The molecule has 6 nitrogen and oxygen atoms in total. The van der Waals surface area contributed by atoms with Gasteiger partial charge < -0.3 is 4.74 Å². The Labute approximate surface area is 104 Å². The van der Waals surface area contributed by atoms with Crippen molar-refractivity contribution in [2.75, 3.05) is 24.7 Å². The standard InChI is InChI=1S/C12H12N4O2/c17-12-9-18-8-7-15(12)11-3-6-16(14-11)10-1-4-13-5-2-10/h1-6H,7-9H2. The van der Waals surface area contributed by atoms with E-state index < -0.39 is 0 Å². The summed E-state index contributed by atoms with van der Waals surface area (Å²) in [5, 5.41) is 4.39. The van der Waals surface area contributed by atoms with Gasteiger partial charge in [-0.1, -0.05) is 0 Å². The second-order valence-corrected chi connectivity index (χ2v) is 3.92. The third-order valence-corrected chi connectivity index (χ3v) is 2.76. The van der Waals surface area contributed by atoms with Gasteiger partial charge in [-0.3, -0.25) is 14.7 Å². The molecule has 2 aromatic rings. The van der Waals surface area contributed by atoms with Crippen molar-refractivity contribution in [1.82, 2.24) is 14.8 Å². The van der Waals surface area contributed by atoms with Crippen LogP contribution in [0.5, 0.6) is 0 Å². The molecule has 0 atom stereocenters. The molecule has 92 valence electrons. The highest BCUT2D eigenvalue weighted by molar-refractivity contribution is 5.93. The number of hydrogen-bond acceptors (Lipinski definition) is 4. The Hall–Kier alpha value is -2.21. The molecule has 0 aromatic carbocycles. The summed E-state index contributed by atoms with van der Waals surface area (Å²) in [6, 6.07) is 5.54. The molecule has 0 saturated carbocycles. The van der Waals surface area contributed by atoms with Crippen molar-refractivity contribution in [3.63, 3.8) is 0 Å². The number of rotatable bonds is 2. The molecular formula is C12H12N4O2. The number of nitrogens with zero attached hydrogens (tertiary/aromatic N) is 4. The van der Waals surface area contributed by atoms with Crippen LogP contribution in [0.2, 0.25) is 0 Å². The van der Waals surface area contributed by atoms with Gasteiger partial charge in [0, 0.05) is 24.7 Å². The maximum atomic E-state index is 11.7. The second kappa shape index (κ2) is 4.58. The lowest BCUT2D eigenvalue weighted by Gasteiger charge is -2.24. The predicted octanol–water partition coefficient (Wildman–Crippen LogP) is 0.631. The topological polar surface area (TPSA) is 60.2 Å². The Balaban J connectivity index is 1.87. The van der Waals surface area contributed by atoms with Crippen molar-refractivity contribution in [2.45, 2.75) is 0 Å². The summed E-state index contributed by atoms with van der Waals surface area (Å²) >= 11 is 0. The molecule has 2 aromatic heterocycles. The van der Waals surface area contributed by atoms with E-state index in [-0.39, 0.29) is 12.5 Å². The van der Waals surface area contributed by atoms with Crippen molar-refractivity contribution < 1.29 is 9.53 Å². The number of amides is 1. The highest BCUT2D eigenvalue weighted by Crippen LogP contribution is 2.15. The molecular weight excluding hydrogens is 232 g/mol. The number of carbonyl (C=O) groups is 1. The molecule has 18 heavy (non-hydrogen) atoms. The fourth-order valence-electron chi connectivity index (χ4n) is 1.86. The largest absolute Gasteiger partial charge is 0.370 e. The first-order valence-corrected chi connectivity index (χ1v) is 5.69. The van der Waals surface area contributed by atoms with E-state index in [0.29, 0.717) is 19.0 Å². The highest BCUT2D eigenvalue weighted by atomic mass is 16.5. The molecule has 3 rings (SSSR count). The molecule has 1 saturated heterocycles. The van der Waals surface area contributed by atoms with E-state index in [1.165, 1.54) is 0 Å². The monoisotopic (exact) mass is 244 g/mol. The molecule has 1 amide bonds. The number of carbonyl (C=O) groups excluding carboxylic acids is 1. The second-order valence-electron chi connectivity index (χ2n) is 3.92. The van der Waals surface area contributed by atoms with Crippen LogP contribution in [0.3, 0.4) is 0 Å². The third kappa shape index (κ3) is 1.98. The Morgan fingerprint density at radius 2 is 2.06 bits per heavy atom. The van der Waals surface area contributed by atoms with Crippen molar-refractivity contribution in [2.24, 2.45) is 0 Å². The molecule has 1 aliphatic rings. The van der Waals surface area contributed by atoms with Gasteiger partial charge in [0.25, 0.3) is 5.91 Å². The van der Waals surface area contributed by atoms with Crippen LogP contribution in [-0.2, 0) is 9.53 Å². The van der Waals surface area contributed by atoms with Crippen molar-refractivity contribution in [3.05, 3.63) is 36.8 Å². The van der Waals surface area contributed by atoms with Crippen molar-refractivity contribution >= 4 is 11.7 Å². The molecule has 0 radical (unpaired) electrons. The first-order chi connectivity index (χ1) is 8.84. The van der Waals surface area contributed by atoms with Gasteiger partial charge in [-0.05, 0) is 12.1 Å². The minimum atomic E-state index is -0.0544. The van der Waals surface area contributed by atoms with Crippen molar-refractivity contribution in [1.29, 1.82) is 0 Å². The van der Waals surface area contributed by atoms with Crippen LogP contribution < -0.4 is 4.90 Å². The quantitative estimate of drug-likeness (QED) is 0.777. The number of morpholine rings is 1. The van der Waals surface area contributed by atoms with Crippen LogP contribution in [0.15, 0.2) is 36.8 Å². The summed E-state index contributed by atoms with van der Waals surface area (Å²) in [5.74, 6) is 0.598. The zero-order valence-electron chi connectivity index (χ0n) is 9.69. The van der Waals surface area contributed by atoms with Gasteiger partial charge in [0.15, 0.2) is 5.82 Å². The summed E-state index contributed by atoms with van der Waals surface area (Å²) < 4.78 is 6.81. The van der Waals surface area contributed by atoms with Gasteiger partial charge in [0.05, 0.1) is 18.8 Å². The maximum Gasteiger partial charge on any atom is 0.254 e. The van der Waals surface area contributed by atoms with Gasteiger partial charge >= 0.3 is 0 Å². The summed E-state index contributed by atoms with van der Waals surface area (Å²) in [7, 11) is 0. The molecule has 0 aliphatic carbocycles. The van der Waals surface area contributed by atoms with Crippen molar-refractivity contribution in [3.8, 4) is 5.69 Å². The normalized spacial score (nSPS) is 16.0. The number of aromatic nitrogens is 3. The third-order valence-electron chi connectivity index (χ3n) is 2.76. The van der Waals surface area contributed by atoms with Crippen LogP contribution in [0.1, 0.15) is 0 Å². The van der Waals surface area contributed by atoms with Crippen LogP contribution >= 0.6 is 0 Å². The first-order valence-electron chi connectivity index (χ1n) is 5.69. The minimum Gasteiger partial charge on any atom is -0.370 e. The van der Waals surface area contributed by atoms with E-state index in [2.05, 4.69) is 10.1 Å². The van der Waals surface area contributed by atoms with Gasteiger partial charge in [-0.2, -0.15) is 0 Å². The van der Waals surface area contributed by atoms with Crippen LogP contribution in [-0.4, -0.2) is 40.4 Å². The Morgan fingerprint density at radius 3 is 2.83 bits per heavy atom. The number of hydrogen-bond donors (Lipinski definition) is 0. The fraction of sp³-hybridized carbons (Fsp3) is 0.250. The number of pyridine rings is 1. The zero-order chi connectivity index (χ0) is 12.4. The average Bonchev–Trinajstić information content (AvgIpc) is 2.90. The molecule has 0 bridgehead atoms. The molecule has 1 aliphatic heterocycles. The summed E-state index contributed by atoms with van der Waals surface area (Å²) in [5.41, 5.74) is 0.914. The van der Waals surface area contributed by atoms with E-state index in [1.807, 2.05) is 24.4 Å². The Bertz CT molecular complexity index is 552. The lowest BCUT2D eigenvalue weighted by Crippen LogP contribution is -2.41. The highest BCUT2D eigenvalue weighted by Gasteiger charge is 2.22. The zero-order valence-corrected chi connectivity index (χ0v) is 9.69. The van der Waals surface area contributed by atoms with Crippen LogP contribution in [0.25, 0.3) is 5.69 Å². The van der Waals surface area contributed by atoms with Crippen LogP contribution in [0, 0.1) is 0 Å². The van der Waals surface area contributed by atoms with Crippen LogP contribution in [0.4, 0.5) is 5.82 Å². The molecule has 0 spiro atoms. The Kier molecular flexibility index (Phi) is 2.77. The fourth-order valence-corrected chi connectivity index (χ4v) is 1.86.